The van der Waals surface area contributed by atoms with Gasteiger partial charge in [-0.1, -0.05) is 29.8 Å². The molecule has 0 amide bonds. The smallest absolute Gasteiger partial charge is 0.316 e. The Morgan fingerprint density at radius 1 is 0.929 bits per heavy atom. The lowest BCUT2D eigenvalue weighted by molar-refractivity contribution is 0.470. The highest BCUT2D eigenvalue weighted by molar-refractivity contribution is 6.30. The molecular formula is C21H15ClN4O2. The fourth-order valence-electron chi connectivity index (χ4n) is 2.69. The summed E-state index contributed by atoms with van der Waals surface area (Å²) >= 11 is 5.90. The molecule has 0 spiro atoms. The lowest BCUT2D eigenvalue weighted by Gasteiger charge is -2.11. The summed E-state index contributed by atoms with van der Waals surface area (Å²) in [6.45, 7) is 0. The first-order valence-electron chi connectivity index (χ1n) is 8.44. The molecule has 0 fully saturated rings. The summed E-state index contributed by atoms with van der Waals surface area (Å²) in [5, 5.41) is 4.65. The van der Waals surface area contributed by atoms with Crippen LogP contribution in [0.4, 0.5) is 5.69 Å². The zero-order valence-electron chi connectivity index (χ0n) is 14.6. The van der Waals surface area contributed by atoms with Gasteiger partial charge in [0.05, 0.1) is 11.9 Å². The molecule has 6 nitrogen and oxygen atoms in total. The van der Waals surface area contributed by atoms with Crippen LogP contribution in [0.1, 0.15) is 0 Å². The Labute approximate surface area is 165 Å². The largest absolute Gasteiger partial charge is 0.449 e. The Hall–Kier alpha value is -3.64. The van der Waals surface area contributed by atoms with Crippen molar-refractivity contribution in [1.82, 2.24) is 14.8 Å². The van der Waals surface area contributed by atoms with Crippen molar-refractivity contribution in [3.05, 3.63) is 94.6 Å². The van der Waals surface area contributed by atoms with Crippen molar-refractivity contribution in [3.8, 4) is 28.3 Å². The van der Waals surface area contributed by atoms with Gasteiger partial charge in [-0.3, -0.25) is 9.78 Å². The molecule has 4 aromatic rings. The Morgan fingerprint density at radius 3 is 2.36 bits per heavy atom. The van der Waals surface area contributed by atoms with E-state index >= 15 is 0 Å². The number of ether oxygens (including phenoxy) is 1. The van der Waals surface area contributed by atoms with Gasteiger partial charge in [-0.05, 0) is 53.6 Å². The fourth-order valence-corrected chi connectivity index (χ4v) is 2.81. The third kappa shape index (κ3) is 3.58. The number of anilines is 1. The molecule has 2 heterocycles. The molecule has 0 atom stereocenters. The van der Waals surface area contributed by atoms with Gasteiger partial charge in [-0.25, -0.2) is 0 Å². The van der Waals surface area contributed by atoms with Gasteiger partial charge in [0.15, 0.2) is 0 Å². The molecule has 4 rings (SSSR count). The summed E-state index contributed by atoms with van der Waals surface area (Å²) in [7, 11) is 0. The number of nitrogens with zero attached hydrogens (tertiary/aromatic N) is 3. The third-order valence-corrected chi connectivity index (χ3v) is 4.35. The number of benzene rings is 2. The van der Waals surface area contributed by atoms with Crippen molar-refractivity contribution in [2.24, 2.45) is 0 Å². The molecule has 2 aromatic carbocycles. The SMILES string of the molecule is Nc1cnn(-c2ccc(Cl)cc2)c(=O)c1Oc1ccc(-c2cccnc2)cc1. The van der Waals surface area contributed by atoms with Crippen LogP contribution in [0.3, 0.4) is 0 Å². The highest BCUT2D eigenvalue weighted by Gasteiger charge is 2.13. The molecular weight excluding hydrogens is 376 g/mol. The van der Waals surface area contributed by atoms with E-state index in [9.17, 15) is 4.79 Å². The van der Waals surface area contributed by atoms with Crippen LogP contribution in [0, 0.1) is 0 Å². The van der Waals surface area contributed by atoms with Crippen LogP contribution in [0.25, 0.3) is 16.8 Å². The van der Waals surface area contributed by atoms with Crippen LogP contribution in [0.5, 0.6) is 11.5 Å². The van der Waals surface area contributed by atoms with Crippen LogP contribution in [-0.2, 0) is 0 Å². The molecule has 0 radical (unpaired) electrons. The van der Waals surface area contributed by atoms with Gasteiger partial charge < -0.3 is 10.5 Å². The van der Waals surface area contributed by atoms with E-state index in [1.54, 1.807) is 48.8 Å². The van der Waals surface area contributed by atoms with Crippen molar-refractivity contribution < 1.29 is 4.74 Å². The van der Waals surface area contributed by atoms with Gasteiger partial charge in [0.1, 0.15) is 11.4 Å². The summed E-state index contributed by atoms with van der Waals surface area (Å²) in [5.74, 6) is 0.504. The Kier molecular flexibility index (Phi) is 4.78. The number of rotatable bonds is 4. The fraction of sp³-hybridized carbons (Fsp3) is 0. The molecule has 0 aliphatic heterocycles. The van der Waals surface area contributed by atoms with Gasteiger partial charge in [0.2, 0.25) is 5.75 Å². The van der Waals surface area contributed by atoms with Gasteiger partial charge in [-0.15, -0.1) is 0 Å². The standard InChI is InChI=1S/C21H15ClN4O2/c22-16-5-7-17(8-6-16)26-21(27)20(19(23)13-25-26)28-18-9-3-14(4-10-18)15-2-1-11-24-12-15/h1-13H,23H2. The van der Waals surface area contributed by atoms with Crippen molar-refractivity contribution in [1.29, 1.82) is 0 Å². The first kappa shape index (κ1) is 17.8. The normalized spacial score (nSPS) is 10.6. The molecule has 0 bridgehead atoms. The second-order valence-electron chi connectivity index (χ2n) is 5.99. The average molecular weight is 391 g/mol. The lowest BCUT2D eigenvalue weighted by Crippen LogP contribution is -2.23. The zero-order valence-corrected chi connectivity index (χ0v) is 15.4. The van der Waals surface area contributed by atoms with E-state index in [2.05, 4.69) is 10.1 Å². The molecule has 138 valence electrons. The molecule has 28 heavy (non-hydrogen) atoms. The highest BCUT2D eigenvalue weighted by Crippen LogP contribution is 2.26. The molecule has 0 saturated carbocycles. The number of nitrogen functional groups attached to an aromatic ring is 1. The minimum absolute atomic E-state index is 0.0130. The van der Waals surface area contributed by atoms with Crippen LogP contribution in [-0.4, -0.2) is 14.8 Å². The number of hydrogen-bond donors (Lipinski definition) is 1. The van der Waals surface area contributed by atoms with Crippen molar-refractivity contribution in [2.75, 3.05) is 5.73 Å². The summed E-state index contributed by atoms with van der Waals surface area (Å²) in [4.78, 5) is 16.9. The molecule has 2 aromatic heterocycles. The summed E-state index contributed by atoms with van der Waals surface area (Å²) in [6.07, 6.45) is 4.88. The number of halogens is 1. The maximum Gasteiger partial charge on any atom is 0.316 e. The van der Waals surface area contributed by atoms with Crippen LogP contribution >= 0.6 is 11.6 Å². The summed E-state index contributed by atoms with van der Waals surface area (Å²) in [5.41, 5.74) is 8.17. The molecule has 0 unspecified atom stereocenters. The number of nitrogens with two attached hydrogens (primary N) is 1. The minimum atomic E-state index is -0.460. The number of hydrogen-bond acceptors (Lipinski definition) is 5. The molecule has 2 N–H and O–H groups in total. The van der Waals surface area contributed by atoms with Crippen LogP contribution in [0.15, 0.2) is 84.0 Å². The molecule has 0 saturated heterocycles. The number of aromatic nitrogens is 3. The van der Waals surface area contributed by atoms with Gasteiger partial charge >= 0.3 is 5.56 Å². The van der Waals surface area contributed by atoms with Crippen LogP contribution < -0.4 is 16.0 Å². The first-order valence-corrected chi connectivity index (χ1v) is 8.82. The van der Waals surface area contributed by atoms with Crippen molar-refractivity contribution in [3.63, 3.8) is 0 Å². The van der Waals surface area contributed by atoms with Crippen molar-refractivity contribution in [2.45, 2.75) is 0 Å². The quantitative estimate of drug-likeness (QED) is 0.561. The van der Waals surface area contributed by atoms with Crippen molar-refractivity contribution >= 4 is 17.3 Å². The minimum Gasteiger partial charge on any atom is -0.449 e. The highest BCUT2D eigenvalue weighted by atomic mass is 35.5. The Balaban J connectivity index is 1.65. The monoisotopic (exact) mass is 390 g/mol. The number of pyridine rings is 1. The van der Waals surface area contributed by atoms with Crippen LogP contribution in [0.2, 0.25) is 5.02 Å². The topological polar surface area (TPSA) is 83.0 Å². The summed E-state index contributed by atoms with van der Waals surface area (Å²) < 4.78 is 6.99. The lowest BCUT2D eigenvalue weighted by atomic mass is 10.1. The predicted molar refractivity (Wildman–Crippen MR) is 109 cm³/mol. The van der Waals surface area contributed by atoms with E-state index in [4.69, 9.17) is 22.1 Å². The van der Waals surface area contributed by atoms with E-state index < -0.39 is 5.56 Å². The van der Waals surface area contributed by atoms with Gasteiger partial charge in [0, 0.05) is 17.4 Å². The molecule has 0 aliphatic carbocycles. The Bertz CT molecular complexity index is 1160. The second kappa shape index (κ2) is 7.54. The van der Waals surface area contributed by atoms with E-state index in [-0.39, 0.29) is 11.4 Å². The zero-order chi connectivity index (χ0) is 19.5. The van der Waals surface area contributed by atoms with E-state index in [0.29, 0.717) is 16.5 Å². The van der Waals surface area contributed by atoms with Gasteiger partial charge in [-0.2, -0.15) is 9.78 Å². The Morgan fingerprint density at radius 2 is 1.68 bits per heavy atom. The average Bonchev–Trinajstić information content (AvgIpc) is 2.73. The van der Waals surface area contributed by atoms with E-state index in [0.717, 1.165) is 11.1 Å². The molecule has 7 heteroatoms. The first-order chi connectivity index (χ1) is 13.6. The molecule has 0 aliphatic rings. The van der Waals surface area contributed by atoms with Gasteiger partial charge in [0.25, 0.3) is 0 Å². The maximum absolute atomic E-state index is 12.8. The van der Waals surface area contributed by atoms with E-state index in [1.807, 2.05) is 24.3 Å². The van der Waals surface area contributed by atoms with E-state index in [1.165, 1.54) is 10.9 Å². The summed E-state index contributed by atoms with van der Waals surface area (Å²) in [6, 6.07) is 17.9. The predicted octanol–water partition coefficient (Wildman–Crippen LogP) is 4.32. The third-order valence-electron chi connectivity index (χ3n) is 4.10. The second-order valence-corrected chi connectivity index (χ2v) is 6.43. The maximum atomic E-state index is 12.8.